The molecule has 1 atom stereocenters. The van der Waals surface area contributed by atoms with Gasteiger partial charge in [-0.05, 0) is 19.3 Å². The number of hydrogen-bond acceptors (Lipinski definition) is 2. The maximum Gasteiger partial charge on any atom is 0.211 e. The molecule has 2 aliphatic rings. The van der Waals surface area contributed by atoms with E-state index in [1.54, 1.807) is 9.21 Å². The van der Waals surface area contributed by atoms with Crippen LogP contribution in [0.15, 0.2) is 12.2 Å². The maximum atomic E-state index is 11.4. The Morgan fingerprint density at radius 2 is 2.00 bits per heavy atom. The molecule has 0 unspecified atom stereocenters. The summed E-state index contributed by atoms with van der Waals surface area (Å²) in [7, 11) is -2.97. The van der Waals surface area contributed by atoms with Gasteiger partial charge in [0.25, 0.3) is 0 Å². The molecule has 0 radical (unpaired) electrons. The Kier molecular flexibility index (Phi) is 4.22. The van der Waals surface area contributed by atoms with Crippen LogP contribution >= 0.6 is 0 Å². The Morgan fingerprint density at radius 1 is 1.29 bits per heavy atom. The number of rotatable bonds is 3. The van der Waals surface area contributed by atoms with E-state index in [1.165, 1.54) is 32.1 Å². The fourth-order valence-corrected chi connectivity index (χ4v) is 3.63. The lowest BCUT2D eigenvalue weighted by Gasteiger charge is -2.33. The smallest absolute Gasteiger partial charge is 0.211 e. The van der Waals surface area contributed by atoms with Gasteiger partial charge in [0.15, 0.2) is 0 Å². The third-order valence-corrected chi connectivity index (χ3v) is 5.16. The Balaban J connectivity index is 1.77. The van der Waals surface area contributed by atoms with Crippen molar-refractivity contribution in [1.82, 2.24) is 4.31 Å². The van der Waals surface area contributed by atoms with Crippen LogP contribution in [0.1, 0.15) is 19.3 Å². The first-order valence-corrected chi connectivity index (χ1v) is 8.34. The van der Waals surface area contributed by atoms with Crippen molar-refractivity contribution in [2.24, 2.45) is 5.92 Å². The standard InChI is InChI=1S/C12H22N2O2S/c1-17(15,16)14-9-7-13(8-10-14)11-12-5-3-2-4-6-12/h2-3,12H,4-11H2,1H3/p+1/t12-/m1/s1. The molecule has 17 heavy (non-hydrogen) atoms. The van der Waals surface area contributed by atoms with Crippen LogP contribution in [0.4, 0.5) is 0 Å². The molecule has 1 heterocycles. The van der Waals surface area contributed by atoms with E-state index in [-0.39, 0.29) is 0 Å². The van der Waals surface area contributed by atoms with E-state index < -0.39 is 10.0 Å². The van der Waals surface area contributed by atoms with E-state index >= 15 is 0 Å². The SMILES string of the molecule is CS(=O)(=O)N1CC[NH+](C[C@@H]2CC=CCC2)CC1. The highest BCUT2D eigenvalue weighted by molar-refractivity contribution is 7.88. The molecule has 5 heteroatoms. The van der Waals surface area contributed by atoms with Crippen LogP contribution in [0.2, 0.25) is 0 Å². The number of nitrogens with one attached hydrogen (secondary N) is 1. The summed E-state index contributed by atoms with van der Waals surface area (Å²) in [6.07, 6.45) is 9.60. The molecular weight excluding hydrogens is 236 g/mol. The fraction of sp³-hybridized carbons (Fsp3) is 0.833. The third kappa shape index (κ3) is 3.79. The normalized spacial score (nSPS) is 28.4. The lowest BCUT2D eigenvalue weighted by atomic mass is 9.94. The molecule has 1 aliphatic carbocycles. The predicted octanol–water partition coefficient (Wildman–Crippen LogP) is -0.497. The summed E-state index contributed by atoms with van der Waals surface area (Å²) in [5, 5.41) is 0. The highest BCUT2D eigenvalue weighted by atomic mass is 32.2. The lowest BCUT2D eigenvalue weighted by Crippen LogP contribution is -3.15. The van der Waals surface area contributed by atoms with Crippen molar-refractivity contribution in [3.8, 4) is 0 Å². The highest BCUT2D eigenvalue weighted by Crippen LogP contribution is 2.16. The van der Waals surface area contributed by atoms with Crippen molar-refractivity contribution in [3.63, 3.8) is 0 Å². The van der Waals surface area contributed by atoms with E-state index in [0.717, 1.165) is 19.0 Å². The van der Waals surface area contributed by atoms with Gasteiger partial charge in [0.05, 0.1) is 39.0 Å². The number of nitrogens with zero attached hydrogens (tertiary/aromatic N) is 1. The largest absolute Gasteiger partial charge is 0.333 e. The summed E-state index contributed by atoms with van der Waals surface area (Å²) < 4.78 is 24.4. The molecule has 0 bridgehead atoms. The molecule has 0 amide bonds. The zero-order valence-electron chi connectivity index (χ0n) is 10.6. The molecule has 0 saturated carbocycles. The van der Waals surface area contributed by atoms with E-state index in [9.17, 15) is 8.42 Å². The van der Waals surface area contributed by atoms with E-state index in [2.05, 4.69) is 12.2 Å². The van der Waals surface area contributed by atoms with Crippen LogP contribution in [0.5, 0.6) is 0 Å². The Morgan fingerprint density at radius 3 is 2.53 bits per heavy atom. The number of piperazine rings is 1. The molecule has 98 valence electrons. The monoisotopic (exact) mass is 259 g/mol. The number of hydrogen-bond donors (Lipinski definition) is 1. The second kappa shape index (κ2) is 5.50. The minimum atomic E-state index is -2.97. The van der Waals surface area contributed by atoms with E-state index in [1.807, 2.05) is 0 Å². The average molecular weight is 259 g/mol. The van der Waals surface area contributed by atoms with Crippen molar-refractivity contribution in [2.45, 2.75) is 19.3 Å². The molecule has 1 fully saturated rings. The van der Waals surface area contributed by atoms with Crippen molar-refractivity contribution in [3.05, 3.63) is 12.2 Å². The molecule has 1 saturated heterocycles. The number of quaternary nitrogens is 1. The van der Waals surface area contributed by atoms with Crippen LogP contribution in [0.25, 0.3) is 0 Å². The van der Waals surface area contributed by atoms with Crippen molar-refractivity contribution in [2.75, 3.05) is 39.0 Å². The van der Waals surface area contributed by atoms with Crippen LogP contribution in [0.3, 0.4) is 0 Å². The number of allylic oxidation sites excluding steroid dienone is 2. The second-order valence-corrected chi connectivity index (χ2v) is 7.25. The molecule has 0 aromatic rings. The summed E-state index contributed by atoms with van der Waals surface area (Å²) in [4.78, 5) is 1.57. The molecule has 0 aromatic heterocycles. The first-order valence-electron chi connectivity index (χ1n) is 6.49. The molecule has 2 rings (SSSR count). The molecule has 1 N–H and O–H groups in total. The molecule has 0 aromatic carbocycles. The van der Waals surface area contributed by atoms with Crippen LogP contribution < -0.4 is 4.90 Å². The summed E-state index contributed by atoms with van der Waals surface area (Å²) >= 11 is 0. The van der Waals surface area contributed by atoms with Gasteiger partial charge in [-0.3, -0.25) is 0 Å². The lowest BCUT2D eigenvalue weighted by molar-refractivity contribution is -0.907. The topological polar surface area (TPSA) is 41.8 Å². The van der Waals surface area contributed by atoms with Gasteiger partial charge in [-0.15, -0.1) is 0 Å². The van der Waals surface area contributed by atoms with E-state index in [0.29, 0.717) is 13.1 Å². The third-order valence-electron chi connectivity index (χ3n) is 3.85. The van der Waals surface area contributed by atoms with Gasteiger partial charge in [0.1, 0.15) is 0 Å². The van der Waals surface area contributed by atoms with Gasteiger partial charge in [-0.2, -0.15) is 4.31 Å². The van der Waals surface area contributed by atoms with E-state index in [4.69, 9.17) is 0 Å². The zero-order chi connectivity index (χ0) is 12.3. The predicted molar refractivity (Wildman–Crippen MR) is 68.5 cm³/mol. The van der Waals surface area contributed by atoms with Gasteiger partial charge in [-0.25, -0.2) is 8.42 Å². The molecule has 4 nitrogen and oxygen atoms in total. The summed E-state index contributed by atoms with van der Waals surface area (Å²) in [5.41, 5.74) is 0. The molecule has 1 aliphatic heterocycles. The van der Waals surface area contributed by atoms with Crippen LogP contribution in [0, 0.1) is 5.92 Å². The van der Waals surface area contributed by atoms with Gasteiger partial charge in [0, 0.05) is 5.92 Å². The minimum Gasteiger partial charge on any atom is -0.333 e. The first-order chi connectivity index (χ1) is 8.05. The number of sulfonamides is 1. The quantitative estimate of drug-likeness (QED) is 0.695. The summed E-state index contributed by atoms with van der Waals surface area (Å²) in [6.45, 7) is 4.52. The van der Waals surface area contributed by atoms with Gasteiger partial charge in [0.2, 0.25) is 10.0 Å². The Labute approximate surface area is 104 Å². The van der Waals surface area contributed by atoms with Crippen LogP contribution in [-0.4, -0.2) is 51.7 Å². The summed E-state index contributed by atoms with van der Waals surface area (Å²) in [6, 6.07) is 0. The van der Waals surface area contributed by atoms with Gasteiger partial charge >= 0.3 is 0 Å². The van der Waals surface area contributed by atoms with Crippen molar-refractivity contribution < 1.29 is 13.3 Å². The van der Waals surface area contributed by atoms with Crippen molar-refractivity contribution in [1.29, 1.82) is 0 Å². The Bertz CT molecular complexity index is 370. The van der Waals surface area contributed by atoms with Crippen molar-refractivity contribution >= 4 is 10.0 Å². The Hall–Kier alpha value is -0.390. The summed E-state index contributed by atoms with van der Waals surface area (Å²) in [5.74, 6) is 0.805. The zero-order valence-corrected chi connectivity index (χ0v) is 11.4. The first kappa shape index (κ1) is 13.1. The maximum absolute atomic E-state index is 11.4. The fourth-order valence-electron chi connectivity index (χ4n) is 2.79. The second-order valence-electron chi connectivity index (χ2n) is 5.27. The van der Waals surface area contributed by atoms with Gasteiger partial charge in [-0.1, -0.05) is 12.2 Å². The van der Waals surface area contributed by atoms with Gasteiger partial charge < -0.3 is 4.90 Å². The van der Waals surface area contributed by atoms with Crippen LogP contribution in [-0.2, 0) is 10.0 Å². The molecule has 0 spiro atoms. The minimum absolute atomic E-state index is 0.691. The highest BCUT2D eigenvalue weighted by Gasteiger charge is 2.27. The average Bonchev–Trinajstić information content (AvgIpc) is 2.30. The molecular formula is C12H23N2O2S+.